The molecule has 2 aromatic rings. The minimum Gasteiger partial charge on any atom is -0.369 e. The quantitative estimate of drug-likeness (QED) is 0.624. The highest BCUT2D eigenvalue weighted by molar-refractivity contribution is 9.10. The molecule has 1 N–H and O–H groups in total. The average Bonchev–Trinajstić information content (AvgIpc) is 2.61. The monoisotopic (exact) mass is 374 g/mol. The van der Waals surface area contributed by atoms with Gasteiger partial charge >= 0.3 is 0 Å². The molecule has 23 heavy (non-hydrogen) atoms. The van der Waals surface area contributed by atoms with Gasteiger partial charge < -0.3 is 4.74 Å². The van der Waals surface area contributed by atoms with Gasteiger partial charge in [-0.25, -0.2) is 10.0 Å². The van der Waals surface area contributed by atoms with Gasteiger partial charge in [0.05, 0.1) is 18.8 Å². The summed E-state index contributed by atoms with van der Waals surface area (Å²) in [6.07, 6.45) is 7.49. The Hall–Kier alpha value is -1.69. The van der Waals surface area contributed by atoms with Crippen molar-refractivity contribution in [1.29, 1.82) is 0 Å². The summed E-state index contributed by atoms with van der Waals surface area (Å²) in [7, 11) is 0. The Morgan fingerprint density at radius 1 is 1.13 bits per heavy atom. The van der Waals surface area contributed by atoms with Crippen molar-refractivity contribution < 1.29 is 9.94 Å². The maximum Gasteiger partial charge on any atom is 0.152 e. The van der Waals surface area contributed by atoms with E-state index in [1.165, 1.54) is 10.6 Å². The minimum absolute atomic E-state index is 0.0692. The molecule has 0 unspecified atom stereocenters. The lowest BCUT2D eigenvalue weighted by molar-refractivity contribution is 0.0581. The number of hydrogen-bond donors (Lipinski definition) is 1. The molecule has 1 aliphatic rings. The largest absolute Gasteiger partial charge is 0.369 e. The van der Waals surface area contributed by atoms with Gasteiger partial charge in [0.1, 0.15) is 0 Å². The van der Waals surface area contributed by atoms with Crippen LogP contribution in [0, 0.1) is 0 Å². The highest BCUT2D eigenvalue weighted by Gasteiger charge is 2.22. The number of rotatable bonds is 5. The van der Waals surface area contributed by atoms with Crippen molar-refractivity contribution in [2.75, 3.05) is 5.06 Å². The standard InChI is InChI=1S/C18H19BrN2O2/c19-15-6-11-18(20-12-15)21(22)16-7-9-17(10-8-16)23-13-14-4-2-1-3-5-14/h1-7,9,11-12,16-17,22H,8,10,13H2/t16-,17-/m0/s1. The molecule has 3 rings (SSSR count). The van der Waals surface area contributed by atoms with E-state index in [0.29, 0.717) is 12.4 Å². The van der Waals surface area contributed by atoms with E-state index in [4.69, 9.17) is 4.74 Å². The Morgan fingerprint density at radius 2 is 1.96 bits per heavy atom. The van der Waals surface area contributed by atoms with E-state index in [1.807, 2.05) is 36.4 Å². The Morgan fingerprint density at radius 3 is 2.61 bits per heavy atom. The summed E-state index contributed by atoms with van der Waals surface area (Å²) in [6, 6.07) is 13.7. The van der Waals surface area contributed by atoms with Crippen LogP contribution in [0.4, 0.5) is 5.82 Å². The lowest BCUT2D eigenvalue weighted by Gasteiger charge is -2.29. The molecule has 1 aliphatic carbocycles. The maximum absolute atomic E-state index is 10.3. The van der Waals surface area contributed by atoms with Crippen LogP contribution in [0.15, 0.2) is 65.3 Å². The number of anilines is 1. The van der Waals surface area contributed by atoms with Crippen LogP contribution in [0.25, 0.3) is 0 Å². The highest BCUT2D eigenvalue weighted by atomic mass is 79.9. The van der Waals surface area contributed by atoms with Crippen molar-refractivity contribution in [2.45, 2.75) is 31.6 Å². The summed E-state index contributed by atoms with van der Waals surface area (Å²) in [5.74, 6) is 0.548. The first-order valence-electron chi connectivity index (χ1n) is 7.66. The van der Waals surface area contributed by atoms with Crippen LogP contribution in [-0.4, -0.2) is 22.3 Å². The zero-order chi connectivity index (χ0) is 16.1. The highest BCUT2D eigenvalue weighted by Crippen LogP contribution is 2.23. The SMILES string of the molecule is ON(c1ccc(Br)cn1)[C@H]1C=C[C@H](OCc2ccccc2)CC1. The van der Waals surface area contributed by atoms with E-state index in [2.05, 4.69) is 33.0 Å². The Balaban J connectivity index is 1.54. The van der Waals surface area contributed by atoms with Gasteiger partial charge in [0.25, 0.3) is 0 Å². The zero-order valence-corrected chi connectivity index (χ0v) is 14.3. The van der Waals surface area contributed by atoms with Crippen LogP contribution < -0.4 is 5.06 Å². The number of hydroxylamine groups is 1. The van der Waals surface area contributed by atoms with Gasteiger partial charge in [0, 0.05) is 10.7 Å². The van der Waals surface area contributed by atoms with E-state index >= 15 is 0 Å². The smallest absolute Gasteiger partial charge is 0.152 e. The van der Waals surface area contributed by atoms with Crippen LogP contribution in [0.2, 0.25) is 0 Å². The van der Waals surface area contributed by atoms with Crippen LogP contribution in [0.5, 0.6) is 0 Å². The molecule has 2 atom stereocenters. The average molecular weight is 375 g/mol. The van der Waals surface area contributed by atoms with Crippen LogP contribution in [0.3, 0.4) is 0 Å². The molecule has 0 amide bonds. The first-order valence-corrected chi connectivity index (χ1v) is 8.45. The maximum atomic E-state index is 10.3. The molecule has 0 bridgehead atoms. The van der Waals surface area contributed by atoms with Gasteiger partial charge in [-0.2, -0.15) is 0 Å². The molecule has 1 aromatic heterocycles. The Bertz CT molecular complexity index is 646. The molecule has 4 nitrogen and oxygen atoms in total. The van der Waals surface area contributed by atoms with Gasteiger partial charge in [-0.15, -0.1) is 0 Å². The predicted molar refractivity (Wildman–Crippen MR) is 93.4 cm³/mol. The summed E-state index contributed by atoms with van der Waals surface area (Å²) in [4.78, 5) is 4.21. The van der Waals surface area contributed by atoms with Crippen molar-refractivity contribution in [3.8, 4) is 0 Å². The van der Waals surface area contributed by atoms with Gasteiger partial charge in [-0.05, 0) is 46.5 Å². The number of benzene rings is 1. The molecule has 0 radical (unpaired) electrons. The normalized spacial score (nSPS) is 20.4. The van der Waals surface area contributed by atoms with Gasteiger partial charge in [-0.1, -0.05) is 42.5 Å². The van der Waals surface area contributed by atoms with Gasteiger partial charge in [-0.3, -0.25) is 5.21 Å². The number of hydrogen-bond acceptors (Lipinski definition) is 4. The van der Waals surface area contributed by atoms with E-state index in [9.17, 15) is 5.21 Å². The summed E-state index contributed by atoms with van der Waals surface area (Å²) in [5.41, 5.74) is 1.17. The molecule has 0 spiro atoms. The fourth-order valence-corrected chi connectivity index (χ4v) is 2.81. The third-order valence-electron chi connectivity index (χ3n) is 3.86. The molecule has 1 aromatic carbocycles. The second-order valence-corrected chi connectivity index (χ2v) is 6.46. The fourth-order valence-electron chi connectivity index (χ4n) is 2.57. The topological polar surface area (TPSA) is 45.6 Å². The number of ether oxygens (including phenoxy) is 1. The van der Waals surface area contributed by atoms with Gasteiger partial charge in [0.15, 0.2) is 5.82 Å². The minimum atomic E-state index is -0.0692. The number of pyridine rings is 1. The molecule has 1 heterocycles. The Kier molecular flexibility index (Phi) is 5.43. The molecule has 120 valence electrons. The first-order chi connectivity index (χ1) is 11.2. The van der Waals surface area contributed by atoms with Crippen molar-refractivity contribution in [1.82, 2.24) is 4.98 Å². The molecule has 5 heteroatoms. The van der Waals surface area contributed by atoms with Crippen LogP contribution in [-0.2, 0) is 11.3 Å². The van der Waals surface area contributed by atoms with E-state index in [0.717, 1.165) is 17.3 Å². The summed E-state index contributed by atoms with van der Waals surface area (Å²) < 4.78 is 6.80. The number of aromatic nitrogens is 1. The lowest BCUT2D eigenvalue weighted by atomic mass is 10.00. The molecule has 0 aliphatic heterocycles. The zero-order valence-electron chi connectivity index (χ0n) is 12.7. The van der Waals surface area contributed by atoms with E-state index < -0.39 is 0 Å². The van der Waals surface area contributed by atoms with Crippen LogP contribution >= 0.6 is 15.9 Å². The molecule has 0 saturated carbocycles. The summed E-state index contributed by atoms with van der Waals surface area (Å²) >= 11 is 3.34. The van der Waals surface area contributed by atoms with Crippen molar-refractivity contribution >= 4 is 21.7 Å². The fraction of sp³-hybridized carbons (Fsp3) is 0.278. The summed E-state index contributed by atoms with van der Waals surface area (Å²) in [6.45, 7) is 0.609. The summed E-state index contributed by atoms with van der Waals surface area (Å²) in [5, 5.41) is 11.5. The number of nitrogens with zero attached hydrogens (tertiary/aromatic N) is 2. The lowest BCUT2D eigenvalue weighted by Crippen LogP contribution is -2.34. The van der Waals surface area contributed by atoms with Crippen molar-refractivity contribution in [2.24, 2.45) is 0 Å². The first kappa shape index (κ1) is 16.2. The van der Waals surface area contributed by atoms with Crippen molar-refractivity contribution in [3.63, 3.8) is 0 Å². The number of halogens is 1. The Labute approximate surface area is 144 Å². The third-order valence-corrected chi connectivity index (χ3v) is 4.33. The van der Waals surface area contributed by atoms with E-state index in [1.54, 1.807) is 12.3 Å². The van der Waals surface area contributed by atoms with Gasteiger partial charge in [0.2, 0.25) is 0 Å². The second-order valence-electron chi connectivity index (χ2n) is 5.54. The second kappa shape index (κ2) is 7.73. The predicted octanol–water partition coefficient (Wildman–Crippen LogP) is 4.34. The molecular formula is C18H19BrN2O2. The molecule has 0 saturated heterocycles. The van der Waals surface area contributed by atoms with E-state index in [-0.39, 0.29) is 12.1 Å². The molecular weight excluding hydrogens is 356 g/mol. The van der Waals surface area contributed by atoms with Crippen molar-refractivity contribution in [3.05, 3.63) is 70.8 Å². The molecule has 0 fully saturated rings. The van der Waals surface area contributed by atoms with Crippen LogP contribution in [0.1, 0.15) is 18.4 Å². The third kappa shape index (κ3) is 4.41.